The van der Waals surface area contributed by atoms with Crippen molar-refractivity contribution in [2.75, 3.05) is 17.7 Å². The van der Waals surface area contributed by atoms with Gasteiger partial charge in [0, 0.05) is 32.4 Å². The number of rotatable bonds is 4. The van der Waals surface area contributed by atoms with E-state index in [0.29, 0.717) is 15.9 Å². The van der Waals surface area contributed by atoms with E-state index in [9.17, 15) is 14.7 Å². The molecule has 0 spiro atoms. The summed E-state index contributed by atoms with van der Waals surface area (Å²) in [6.07, 6.45) is 28.8. The highest BCUT2D eigenvalue weighted by Gasteiger charge is 2.23. The molecule has 0 bridgehead atoms. The lowest BCUT2D eigenvalue weighted by atomic mass is 9.96. The SMILES string of the molecule is Clc1ncnc2sc3c(c12)CCCC3.N#Cc1c(N)sc2c1CCCC2.O=C1CCCCC1.O=c1[nH]cnc2sc3c(c12)CCCC3.OC[C@@H](Nc1ncnc2sc3c(c12)CCCC3)c1ccccc1. The lowest BCUT2D eigenvalue weighted by molar-refractivity contribution is -0.120. The summed E-state index contributed by atoms with van der Waals surface area (Å²) in [6.45, 7) is 0.0296. The van der Waals surface area contributed by atoms with E-state index >= 15 is 0 Å². The predicted molar refractivity (Wildman–Crippen MR) is 288 cm³/mol. The van der Waals surface area contributed by atoms with E-state index in [2.05, 4.69) is 41.3 Å². The van der Waals surface area contributed by atoms with Gasteiger partial charge < -0.3 is 21.1 Å². The van der Waals surface area contributed by atoms with E-state index in [1.165, 1.54) is 112 Å². The third kappa shape index (κ3) is 11.5. The standard InChI is InChI=1S/C18H19N3OS.C10H9ClN2S.C10H10N2OS.C9H10N2S.C6H10O/c22-10-14(12-6-2-1-3-7-12)21-17-16-13-8-4-5-9-15(13)23-18(16)20-11-19-17;11-9-8-6-3-1-2-4-7(6)14-10(8)13-5-12-9;13-9-8-6-3-1-2-4-7(6)14-10(8)12-5-11-9;10-5-7-6-3-1-2-4-8(6)12-9(7)11;7-6-4-2-1-3-5-6/h1-3,6-7,11,14,22H,4-5,8-10H2,(H,19,20,21);5H,1-4H2;5H,1-4H2,(H,11,12,13);1-4,11H2;1-5H2/t14-;;;;/m1..../s1. The molecule has 1 fully saturated rings. The fourth-order valence-electron chi connectivity index (χ4n) is 10.1. The van der Waals surface area contributed by atoms with Crippen LogP contribution in [-0.4, -0.2) is 47.4 Å². The maximum absolute atomic E-state index is 11.6. The number of hydrogen-bond donors (Lipinski definition) is 4. The number of halogens is 1. The number of thiophene rings is 4. The number of anilines is 2. The van der Waals surface area contributed by atoms with Gasteiger partial charge in [-0.15, -0.1) is 45.3 Å². The molecule has 13 rings (SSSR count). The molecule has 1 saturated carbocycles. The number of carbonyl (C=O) groups is 1. The van der Waals surface area contributed by atoms with Crippen molar-refractivity contribution >= 4 is 104 Å². The maximum Gasteiger partial charge on any atom is 0.259 e. The Balaban J connectivity index is 0.000000114. The second-order valence-electron chi connectivity index (χ2n) is 18.2. The highest BCUT2D eigenvalue weighted by molar-refractivity contribution is 7.19. The van der Waals surface area contributed by atoms with Gasteiger partial charge in [0.25, 0.3) is 5.56 Å². The molecule has 1 atom stereocenters. The number of nitrogens with two attached hydrogens (primary N) is 1. The second kappa shape index (κ2) is 23.8. The van der Waals surface area contributed by atoms with Crippen LogP contribution in [0.25, 0.3) is 30.6 Å². The smallest absolute Gasteiger partial charge is 0.259 e. The number of nitrogens with one attached hydrogen (secondary N) is 2. The topological polar surface area (TPSA) is 196 Å². The normalized spacial score (nSPS) is 16.2. The number of nitriles is 1. The zero-order valence-corrected chi connectivity index (χ0v) is 43.3. The first-order valence-corrected chi connectivity index (χ1v) is 28.3. The zero-order chi connectivity index (χ0) is 48.4. The van der Waals surface area contributed by atoms with Crippen molar-refractivity contribution in [2.45, 2.75) is 141 Å². The number of H-pyrrole nitrogens is 1. The number of benzene rings is 1. The molecule has 0 radical (unpaired) electrons. The van der Waals surface area contributed by atoms with E-state index in [4.69, 9.17) is 22.6 Å². The number of aryl methyl sites for hydroxylation is 7. The lowest BCUT2D eigenvalue weighted by Crippen LogP contribution is -2.16. The second-order valence-corrected chi connectivity index (χ2v) is 23.0. The van der Waals surface area contributed by atoms with Crippen LogP contribution in [0.3, 0.4) is 0 Å². The Morgan fingerprint density at radius 2 is 1.13 bits per heavy atom. The van der Waals surface area contributed by atoms with Crippen molar-refractivity contribution in [1.82, 2.24) is 29.9 Å². The fourth-order valence-corrected chi connectivity index (χ4v) is 15.2. The average molecular weight is 1030 g/mol. The minimum Gasteiger partial charge on any atom is -0.394 e. The van der Waals surface area contributed by atoms with Gasteiger partial charge in [-0.05, 0) is 143 Å². The Kier molecular flexibility index (Phi) is 17.0. The van der Waals surface area contributed by atoms with Crippen LogP contribution in [0.4, 0.5) is 10.8 Å². The highest BCUT2D eigenvalue weighted by atomic mass is 35.5. The van der Waals surface area contributed by atoms with E-state index in [1.54, 1.807) is 58.0 Å². The molecule has 5 aliphatic carbocycles. The molecule has 70 heavy (non-hydrogen) atoms. The zero-order valence-electron chi connectivity index (χ0n) is 39.3. The summed E-state index contributed by atoms with van der Waals surface area (Å²) in [5, 5.41) is 26.5. The molecule has 0 amide bonds. The van der Waals surface area contributed by atoms with E-state index in [-0.39, 0.29) is 18.2 Å². The number of nitrogen functional groups attached to an aromatic ring is 1. The fraction of sp³-hybridized carbons (Fsp3) is 0.434. The number of hydrogen-bond acceptors (Lipinski definition) is 15. The molecule has 0 unspecified atom stereocenters. The van der Waals surface area contributed by atoms with Crippen molar-refractivity contribution in [1.29, 1.82) is 5.26 Å². The van der Waals surface area contributed by atoms with Crippen LogP contribution in [0.2, 0.25) is 5.15 Å². The molecule has 8 aromatic rings. The summed E-state index contributed by atoms with van der Waals surface area (Å²) in [5.74, 6) is 1.31. The van der Waals surface area contributed by atoms with Crippen LogP contribution < -0.4 is 16.6 Å². The van der Waals surface area contributed by atoms with Gasteiger partial charge in [0.15, 0.2) is 0 Å². The van der Waals surface area contributed by atoms with Crippen molar-refractivity contribution < 1.29 is 9.90 Å². The van der Waals surface area contributed by atoms with Gasteiger partial charge in [-0.25, -0.2) is 24.9 Å². The molecular weight excluding hydrogens is 974 g/mol. The van der Waals surface area contributed by atoms with Crippen LogP contribution in [0.15, 0.2) is 54.1 Å². The Morgan fingerprint density at radius 3 is 1.70 bits per heavy atom. The van der Waals surface area contributed by atoms with Gasteiger partial charge >= 0.3 is 0 Å². The molecule has 0 aliphatic heterocycles. The average Bonchev–Trinajstić information content (AvgIpc) is 4.17. The number of Topliss-reactive ketones (excluding diaryl/α,β-unsaturated/α-hetero) is 1. The number of aromatic nitrogens is 6. The predicted octanol–water partition coefficient (Wildman–Crippen LogP) is 12.4. The van der Waals surface area contributed by atoms with Crippen molar-refractivity contribution in [3.8, 4) is 6.07 Å². The molecule has 7 heterocycles. The van der Waals surface area contributed by atoms with Gasteiger partial charge in [-0.3, -0.25) is 9.59 Å². The third-order valence-electron chi connectivity index (χ3n) is 13.6. The maximum atomic E-state index is 11.6. The molecule has 5 aliphatic rings. The van der Waals surface area contributed by atoms with Gasteiger partial charge in [0.05, 0.1) is 40.7 Å². The Bertz CT molecular complexity index is 3180. The molecule has 1 aromatic carbocycles. The van der Waals surface area contributed by atoms with E-state index < -0.39 is 0 Å². The number of aromatic amines is 1. The van der Waals surface area contributed by atoms with Gasteiger partial charge in [0.2, 0.25) is 0 Å². The number of carbonyl (C=O) groups excluding carboxylic acids is 1. The quantitative estimate of drug-likeness (QED) is 0.122. The molecule has 364 valence electrons. The molecule has 12 nitrogen and oxygen atoms in total. The van der Waals surface area contributed by atoms with Crippen LogP contribution in [0, 0.1) is 11.3 Å². The minimum atomic E-state index is -0.159. The summed E-state index contributed by atoms with van der Waals surface area (Å²) in [7, 11) is 0. The number of nitrogens with zero attached hydrogens (tertiary/aromatic N) is 6. The van der Waals surface area contributed by atoms with Gasteiger partial charge in [-0.1, -0.05) is 48.4 Å². The van der Waals surface area contributed by atoms with E-state index in [0.717, 1.165) is 118 Å². The van der Waals surface area contributed by atoms with Crippen molar-refractivity contribution in [3.05, 3.63) is 118 Å². The van der Waals surface area contributed by atoms with Crippen molar-refractivity contribution in [2.24, 2.45) is 0 Å². The van der Waals surface area contributed by atoms with Crippen LogP contribution in [-0.2, 0) is 56.2 Å². The van der Waals surface area contributed by atoms with Crippen molar-refractivity contribution in [3.63, 3.8) is 0 Å². The van der Waals surface area contributed by atoms with Gasteiger partial charge in [-0.2, -0.15) is 5.26 Å². The van der Waals surface area contributed by atoms with Crippen LogP contribution in [0.5, 0.6) is 0 Å². The summed E-state index contributed by atoms with van der Waals surface area (Å²) in [4.78, 5) is 54.8. The van der Waals surface area contributed by atoms with Gasteiger partial charge in [0.1, 0.15) is 55.0 Å². The molecule has 17 heteroatoms. The molecule has 5 N–H and O–H groups in total. The summed E-state index contributed by atoms with van der Waals surface area (Å²) < 4.78 is 0. The first kappa shape index (κ1) is 49.8. The summed E-state index contributed by atoms with van der Waals surface area (Å²) in [6, 6.07) is 12.0. The monoisotopic (exact) mass is 1030 g/mol. The first-order chi connectivity index (χ1) is 34.3. The summed E-state index contributed by atoms with van der Waals surface area (Å²) >= 11 is 12.9. The van der Waals surface area contributed by atoms with Crippen LogP contribution >= 0.6 is 56.9 Å². The van der Waals surface area contributed by atoms with Crippen LogP contribution in [0.1, 0.15) is 142 Å². The number of aliphatic hydroxyl groups excluding tert-OH is 1. The number of aliphatic hydroxyl groups is 1. The minimum absolute atomic E-state index is 0.0226. The Labute approximate surface area is 428 Å². The highest BCUT2D eigenvalue weighted by Crippen LogP contribution is 2.40. The first-order valence-electron chi connectivity index (χ1n) is 24.7. The number of fused-ring (bicyclic) bond motifs is 10. The third-order valence-corrected chi connectivity index (χ3v) is 18.6. The molecular formula is C53H58ClN9O3S4. The number of ketones is 1. The molecule has 0 saturated heterocycles. The Morgan fingerprint density at radius 1 is 0.629 bits per heavy atom. The van der Waals surface area contributed by atoms with E-state index in [1.807, 2.05) is 30.3 Å². The summed E-state index contributed by atoms with van der Waals surface area (Å²) in [5.41, 5.74) is 12.9. The molecule has 7 aromatic heterocycles. The Hall–Kier alpha value is -5.15. The lowest BCUT2D eigenvalue weighted by Gasteiger charge is -2.19. The largest absolute Gasteiger partial charge is 0.394 e.